The second-order valence-electron chi connectivity index (χ2n) is 8.52. The number of halogens is 1. The van der Waals surface area contributed by atoms with Gasteiger partial charge in [-0.25, -0.2) is 4.39 Å². The topological polar surface area (TPSA) is 68.6 Å². The molecule has 1 aromatic carbocycles. The summed E-state index contributed by atoms with van der Waals surface area (Å²) < 4.78 is 20.4. The number of carbonyl (C=O) groups is 2. The Hall–Kier alpha value is -2.96. The van der Waals surface area contributed by atoms with E-state index >= 15 is 0 Å². The molecule has 30 heavy (non-hydrogen) atoms. The van der Waals surface area contributed by atoms with E-state index in [9.17, 15) is 18.8 Å². The van der Waals surface area contributed by atoms with Crippen LogP contribution in [0.1, 0.15) is 43.2 Å². The lowest BCUT2D eigenvalue weighted by molar-refractivity contribution is -0.152. The molecular weight excluding hydrogens is 387 g/mol. The lowest BCUT2D eigenvalue weighted by Gasteiger charge is -2.35. The van der Waals surface area contributed by atoms with E-state index in [1.54, 1.807) is 29.3 Å². The molecule has 1 saturated heterocycles. The number of esters is 1. The van der Waals surface area contributed by atoms with E-state index in [1.807, 2.05) is 0 Å². The van der Waals surface area contributed by atoms with Crippen LogP contribution >= 0.6 is 0 Å². The molecule has 3 heterocycles. The van der Waals surface area contributed by atoms with Crippen LogP contribution in [0.25, 0.3) is 5.69 Å². The molecule has 0 bridgehead atoms. The van der Waals surface area contributed by atoms with Crippen LogP contribution in [-0.2, 0) is 27.3 Å². The van der Waals surface area contributed by atoms with Crippen LogP contribution in [0.3, 0.4) is 0 Å². The second kappa shape index (κ2) is 7.07. The minimum Gasteiger partial charge on any atom is -0.458 e. The molecule has 7 heteroatoms. The number of benzene rings is 1. The summed E-state index contributed by atoms with van der Waals surface area (Å²) in [4.78, 5) is 39.7. The Morgan fingerprint density at radius 1 is 1.10 bits per heavy atom. The van der Waals surface area contributed by atoms with Gasteiger partial charge in [0.05, 0.1) is 12.3 Å². The normalized spacial score (nSPS) is 22.2. The molecule has 1 amide bonds. The summed E-state index contributed by atoms with van der Waals surface area (Å²) in [6, 6.07) is 7.34. The van der Waals surface area contributed by atoms with Crippen molar-refractivity contribution in [3.05, 3.63) is 63.8 Å². The van der Waals surface area contributed by atoms with Gasteiger partial charge in [0, 0.05) is 31.0 Å². The lowest BCUT2D eigenvalue weighted by atomic mass is 9.84. The summed E-state index contributed by atoms with van der Waals surface area (Å²) in [5, 5.41) is 0. The molecule has 1 aromatic heterocycles. The van der Waals surface area contributed by atoms with Crippen LogP contribution in [0, 0.1) is 11.7 Å². The van der Waals surface area contributed by atoms with Crippen molar-refractivity contribution in [1.29, 1.82) is 0 Å². The Morgan fingerprint density at radius 2 is 1.83 bits per heavy atom. The first-order valence-corrected chi connectivity index (χ1v) is 10.5. The largest absolute Gasteiger partial charge is 0.458 e. The van der Waals surface area contributed by atoms with Gasteiger partial charge >= 0.3 is 5.97 Å². The number of carbonyl (C=O) groups excluding carboxylic acids is 2. The Bertz CT molecular complexity index is 1070. The zero-order valence-corrected chi connectivity index (χ0v) is 16.6. The number of hydrogen-bond acceptors (Lipinski definition) is 4. The highest BCUT2D eigenvalue weighted by Crippen LogP contribution is 2.46. The highest BCUT2D eigenvalue weighted by Gasteiger charge is 2.54. The van der Waals surface area contributed by atoms with Crippen LogP contribution in [-0.4, -0.2) is 33.5 Å². The van der Waals surface area contributed by atoms with Crippen molar-refractivity contribution in [3.8, 4) is 5.69 Å². The fourth-order valence-electron chi connectivity index (χ4n) is 5.17. The third-order valence-electron chi connectivity index (χ3n) is 6.73. The SMILES string of the molecule is O=C1CC(C(=O)N2CCc3cc(=O)n(-c4ccc(F)cc4)cc3C2)C2(CCCC2)O1. The molecule has 1 saturated carbocycles. The molecule has 6 nitrogen and oxygen atoms in total. The number of fused-ring (bicyclic) bond motifs is 1. The molecule has 2 aliphatic heterocycles. The van der Waals surface area contributed by atoms with E-state index in [-0.39, 0.29) is 29.7 Å². The Labute approximate surface area is 173 Å². The zero-order chi connectivity index (χ0) is 20.9. The van der Waals surface area contributed by atoms with E-state index in [2.05, 4.69) is 0 Å². The highest BCUT2D eigenvalue weighted by molar-refractivity contribution is 5.88. The molecule has 2 fully saturated rings. The number of ether oxygens (including phenoxy) is 1. The fraction of sp³-hybridized carbons (Fsp3) is 0.435. The maximum absolute atomic E-state index is 13.4. The lowest BCUT2D eigenvalue weighted by Crippen LogP contribution is -2.46. The first kappa shape index (κ1) is 19.0. The predicted molar refractivity (Wildman–Crippen MR) is 107 cm³/mol. The first-order valence-electron chi connectivity index (χ1n) is 10.5. The molecule has 0 N–H and O–H groups in total. The molecule has 1 spiro atoms. The predicted octanol–water partition coefficient (Wildman–Crippen LogP) is 2.74. The van der Waals surface area contributed by atoms with Crippen molar-refractivity contribution in [2.45, 2.75) is 50.7 Å². The Kier molecular flexibility index (Phi) is 4.49. The monoisotopic (exact) mass is 410 g/mol. The van der Waals surface area contributed by atoms with E-state index in [1.165, 1.54) is 16.7 Å². The molecule has 3 aliphatic rings. The van der Waals surface area contributed by atoms with Gasteiger partial charge < -0.3 is 9.64 Å². The summed E-state index contributed by atoms with van der Waals surface area (Å²) in [6.45, 7) is 0.906. The molecule has 1 aliphatic carbocycles. The number of nitrogens with zero attached hydrogens (tertiary/aromatic N) is 2. The van der Waals surface area contributed by atoms with Crippen molar-refractivity contribution in [3.63, 3.8) is 0 Å². The third kappa shape index (κ3) is 3.13. The molecule has 2 aromatic rings. The van der Waals surface area contributed by atoms with Crippen molar-refractivity contribution < 1.29 is 18.7 Å². The van der Waals surface area contributed by atoms with Crippen LogP contribution in [0.5, 0.6) is 0 Å². The van der Waals surface area contributed by atoms with Crippen LogP contribution < -0.4 is 5.56 Å². The third-order valence-corrected chi connectivity index (χ3v) is 6.73. The minimum atomic E-state index is -0.624. The maximum Gasteiger partial charge on any atom is 0.307 e. The smallest absolute Gasteiger partial charge is 0.307 e. The van der Waals surface area contributed by atoms with Crippen LogP contribution in [0.15, 0.2) is 41.3 Å². The van der Waals surface area contributed by atoms with E-state index in [0.717, 1.165) is 36.8 Å². The van der Waals surface area contributed by atoms with Crippen LogP contribution in [0.4, 0.5) is 4.39 Å². The number of rotatable bonds is 2. The molecule has 1 atom stereocenters. The van der Waals surface area contributed by atoms with Gasteiger partial charge in [-0.3, -0.25) is 19.0 Å². The summed E-state index contributed by atoms with van der Waals surface area (Å²) in [6.07, 6.45) is 5.94. The number of aromatic nitrogens is 1. The fourth-order valence-corrected chi connectivity index (χ4v) is 5.17. The van der Waals surface area contributed by atoms with Crippen molar-refractivity contribution in [1.82, 2.24) is 9.47 Å². The molecule has 0 radical (unpaired) electrons. The summed E-state index contributed by atoms with van der Waals surface area (Å²) in [7, 11) is 0. The maximum atomic E-state index is 13.4. The van der Waals surface area contributed by atoms with E-state index < -0.39 is 11.5 Å². The zero-order valence-electron chi connectivity index (χ0n) is 16.6. The van der Waals surface area contributed by atoms with Crippen molar-refractivity contribution in [2.75, 3.05) is 6.54 Å². The van der Waals surface area contributed by atoms with Gasteiger partial charge in [-0.2, -0.15) is 0 Å². The van der Waals surface area contributed by atoms with Crippen molar-refractivity contribution in [2.24, 2.45) is 5.92 Å². The number of hydrogen-bond donors (Lipinski definition) is 0. The summed E-state index contributed by atoms with van der Waals surface area (Å²) >= 11 is 0. The first-order chi connectivity index (χ1) is 14.4. The minimum absolute atomic E-state index is 0.0343. The van der Waals surface area contributed by atoms with Crippen LogP contribution in [0.2, 0.25) is 0 Å². The number of amides is 1. The van der Waals surface area contributed by atoms with Gasteiger partial charge in [0.1, 0.15) is 11.4 Å². The molecular formula is C23H23FN2O4. The average molecular weight is 410 g/mol. The Balaban J connectivity index is 1.42. The Morgan fingerprint density at radius 3 is 2.57 bits per heavy atom. The van der Waals surface area contributed by atoms with E-state index in [4.69, 9.17) is 4.74 Å². The summed E-state index contributed by atoms with van der Waals surface area (Å²) in [5.74, 6) is -1.10. The quantitative estimate of drug-likeness (QED) is 0.714. The van der Waals surface area contributed by atoms with Crippen molar-refractivity contribution >= 4 is 11.9 Å². The highest BCUT2D eigenvalue weighted by atomic mass is 19.1. The molecule has 156 valence electrons. The van der Waals surface area contributed by atoms with Gasteiger partial charge in [-0.05, 0) is 67.5 Å². The van der Waals surface area contributed by atoms with Gasteiger partial charge in [-0.15, -0.1) is 0 Å². The number of pyridine rings is 1. The van der Waals surface area contributed by atoms with E-state index in [0.29, 0.717) is 25.2 Å². The van der Waals surface area contributed by atoms with Gasteiger partial charge in [0.2, 0.25) is 5.91 Å². The second-order valence-corrected chi connectivity index (χ2v) is 8.52. The standard InChI is InChI=1S/C23H23FN2O4/c24-17-3-5-18(6-4-17)26-14-16-13-25(10-7-15(16)11-20(26)27)22(29)19-12-21(28)30-23(19)8-1-2-9-23/h3-6,11,14,19H,1-2,7-10,12-13H2. The van der Waals surface area contributed by atoms with Gasteiger partial charge in [0.15, 0.2) is 0 Å². The molecule has 1 unspecified atom stereocenters. The molecule has 5 rings (SSSR count). The van der Waals surface area contributed by atoms with Gasteiger partial charge in [-0.1, -0.05) is 0 Å². The average Bonchev–Trinajstić information content (AvgIpc) is 3.33. The summed E-state index contributed by atoms with van der Waals surface area (Å²) in [5.41, 5.74) is 1.59. The van der Waals surface area contributed by atoms with Gasteiger partial charge in [0.25, 0.3) is 5.56 Å².